The maximum atomic E-state index is 10.7. The van der Waals surface area contributed by atoms with Crippen LogP contribution < -0.4 is 4.90 Å². The molecule has 1 rings (SSSR count). The minimum atomic E-state index is -1.02. The molecule has 0 bridgehead atoms. The van der Waals surface area contributed by atoms with E-state index in [1.54, 1.807) is 0 Å². The lowest BCUT2D eigenvalue weighted by Gasteiger charge is -2.22. The molecule has 0 saturated heterocycles. The highest BCUT2D eigenvalue weighted by atomic mass is 35.5. The number of carboxylic acids is 1. The zero-order valence-electron chi connectivity index (χ0n) is 10.3. The molecule has 1 unspecified atom stereocenters. The van der Waals surface area contributed by atoms with Crippen molar-refractivity contribution >= 4 is 23.4 Å². The first-order valence-electron chi connectivity index (χ1n) is 5.55. The van der Waals surface area contributed by atoms with Crippen molar-refractivity contribution in [2.75, 3.05) is 18.5 Å². The highest BCUT2D eigenvalue weighted by Gasteiger charge is 2.13. The normalized spacial score (nSPS) is 12.2. The van der Waals surface area contributed by atoms with Crippen molar-refractivity contribution in [1.82, 2.24) is 4.98 Å². The average molecular weight is 257 g/mol. The van der Waals surface area contributed by atoms with Crippen LogP contribution in [-0.4, -0.2) is 29.7 Å². The van der Waals surface area contributed by atoms with Crippen molar-refractivity contribution in [2.45, 2.75) is 20.3 Å². The van der Waals surface area contributed by atoms with E-state index in [4.69, 9.17) is 16.7 Å². The third-order valence-corrected chi connectivity index (χ3v) is 2.99. The van der Waals surface area contributed by atoms with E-state index in [1.165, 1.54) is 12.3 Å². The summed E-state index contributed by atoms with van der Waals surface area (Å²) in [6, 6.07) is 1.43. The molecule has 17 heavy (non-hydrogen) atoms. The van der Waals surface area contributed by atoms with E-state index in [-0.39, 0.29) is 5.56 Å². The average Bonchev–Trinajstić information content (AvgIpc) is 2.28. The number of carbonyl (C=O) groups is 1. The first-order valence-corrected chi connectivity index (χ1v) is 5.93. The standard InChI is InChI=1S/C12H17ClN2O2/c1-4-8(2)7-15(3)11-10(13)5-9(6-14-11)12(16)17/h5-6,8H,4,7H2,1-3H3,(H,16,17). The van der Waals surface area contributed by atoms with Gasteiger partial charge >= 0.3 is 5.97 Å². The van der Waals surface area contributed by atoms with E-state index in [2.05, 4.69) is 18.8 Å². The summed E-state index contributed by atoms with van der Waals surface area (Å²) in [6.07, 6.45) is 2.41. The van der Waals surface area contributed by atoms with Crippen LogP contribution in [-0.2, 0) is 0 Å². The molecule has 5 heteroatoms. The molecule has 0 spiro atoms. The van der Waals surface area contributed by atoms with Gasteiger partial charge in [-0.25, -0.2) is 9.78 Å². The fraction of sp³-hybridized carbons (Fsp3) is 0.500. The lowest BCUT2D eigenvalue weighted by atomic mass is 10.1. The van der Waals surface area contributed by atoms with Crippen LogP contribution in [0.4, 0.5) is 5.82 Å². The van der Waals surface area contributed by atoms with Crippen molar-refractivity contribution in [3.8, 4) is 0 Å². The Morgan fingerprint density at radius 2 is 2.29 bits per heavy atom. The Morgan fingerprint density at radius 1 is 1.65 bits per heavy atom. The van der Waals surface area contributed by atoms with Gasteiger partial charge in [-0.2, -0.15) is 0 Å². The van der Waals surface area contributed by atoms with Crippen molar-refractivity contribution in [3.63, 3.8) is 0 Å². The molecule has 0 radical (unpaired) electrons. The number of pyridine rings is 1. The van der Waals surface area contributed by atoms with Crippen LogP contribution in [0.25, 0.3) is 0 Å². The topological polar surface area (TPSA) is 53.4 Å². The van der Waals surface area contributed by atoms with Crippen molar-refractivity contribution < 1.29 is 9.90 Å². The van der Waals surface area contributed by atoms with Crippen LogP contribution in [0.2, 0.25) is 5.02 Å². The quantitative estimate of drug-likeness (QED) is 0.880. The third kappa shape index (κ3) is 3.60. The molecule has 4 nitrogen and oxygen atoms in total. The van der Waals surface area contributed by atoms with E-state index in [9.17, 15) is 4.79 Å². The summed E-state index contributed by atoms with van der Waals surface area (Å²) >= 11 is 6.03. The predicted octanol–water partition coefficient (Wildman–Crippen LogP) is 2.92. The second-order valence-electron chi connectivity index (χ2n) is 4.23. The molecule has 0 amide bonds. The van der Waals surface area contributed by atoms with Crippen LogP contribution in [0.5, 0.6) is 0 Å². The molecular weight excluding hydrogens is 240 g/mol. The molecule has 0 fully saturated rings. The molecule has 0 aromatic carbocycles. The molecule has 1 N–H and O–H groups in total. The highest BCUT2D eigenvalue weighted by molar-refractivity contribution is 6.33. The number of hydrogen-bond donors (Lipinski definition) is 1. The van der Waals surface area contributed by atoms with E-state index >= 15 is 0 Å². The predicted molar refractivity (Wildman–Crippen MR) is 68.9 cm³/mol. The van der Waals surface area contributed by atoms with Crippen molar-refractivity contribution in [1.29, 1.82) is 0 Å². The van der Waals surface area contributed by atoms with Crippen LogP contribution in [0.15, 0.2) is 12.3 Å². The second kappa shape index (κ2) is 5.87. The Morgan fingerprint density at radius 3 is 2.76 bits per heavy atom. The first-order chi connectivity index (χ1) is 7.95. The Kier molecular flexibility index (Phi) is 4.75. The van der Waals surface area contributed by atoms with E-state index < -0.39 is 5.97 Å². The van der Waals surface area contributed by atoms with Gasteiger partial charge in [-0.1, -0.05) is 31.9 Å². The number of halogens is 1. The van der Waals surface area contributed by atoms with Crippen LogP contribution >= 0.6 is 11.6 Å². The molecule has 1 aromatic rings. The maximum absolute atomic E-state index is 10.7. The van der Waals surface area contributed by atoms with E-state index in [1.807, 2.05) is 11.9 Å². The maximum Gasteiger partial charge on any atom is 0.337 e. The van der Waals surface area contributed by atoms with Gasteiger partial charge in [0.15, 0.2) is 0 Å². The zero-order chi connectivity index (χ0) is 13.0. The van der Waals surface area contributed by atoms with Gasteiger partial charge in [-0.15, -0.1) is 0 Å². The molecule has 0 aliphatic heterocycles. The fourth-order valence-electron chi connectivity index (χ4n) is 1.51. The van der Waals surface area contributed by atoms with Gasteiger partial charge in [0.25, 0.3) is 0 Å². The number of nitrogens with zero attached hydrogens (tertiary/aromatic N) is 2. The Balaban J connectivity index is 2.88. The molecule has 1 atom stereocenters. The summed E-state index contributed by atoms with van der Waals surface area (Å²) < 4.78 is 0. The number of aromatic carboxylic acids is 1. The summed E-state index contributed by atoms with van der Waals surface area (Å²) in [4.78, 5) is 16.8. The molecular formula is C12H17ClN2O2. The highest BCUT2D eigenvalue weighted by Crippen LogP contribution is 2.24. The van der Waals surface area contributed by atoms with E-state index in [0.717, 1.165) is 13.0 Å². The van der Waals surface area contributed by atoms with Gasteiger partial charge in [0.2, 0.25) is 0 Å². The Bertz CT molecular complexity index is 409. The number of rotatable bonds is 5. The van der Waals surface area contributed by atoms with E-state index in [0.29, 0.717) is 16.8 Å². The zero-order valence-corrected chi connectivity index (χ0v) is 11.0. The second-order valence-corrected chi connectivity index (χ2v) is 4.64. The minimum absolute atomic E-state index is 0.107. The fourth-order valence-corrected chi connectivity index (χ4v) is 1.82. The minimum Gasteiger partial charge on any atom is -0.478 e. The van der Waals surface area contributed by atoms with Gasteiger partial charge in [0.1, 0.15) is 5.82 Å². The molecule has 1 aromatic heterocycles. The summed E-state index contributed by atoms with van der Waals surface area (Å²) in [6.45, 7) is 5.12. The number of carboxylic acid groups (broad SMARTS) is 1. The summed E-state index contributed by atoms with van der Waals surface area (Å²) in [7, 11) is 1.90. The molecule has 0 aliphatic rings. The van der Waals surface area contributed by atoms with Gasteiger partial charge < -0.3 is 10.0 Å². The molecule has 0 aliphatic carbocycles. The number of aromatic nitrogens is 1. The molecule has 1 heterocycles. The Hall–Kier alpha value is -1.29. The van der Waals surface area contributed by atoms with Gasteiger partial charge in [-0.05, 0) is 12.0 Å². The monoisotopic (exact) mass is 256 g/mol. The van der Waals surface area contributed by atoms with Crippen molar-refractivity contribution in [2.24, 2.45) is 5.92 Å². The third-order valence-electron chi connectivity index (χ3n) is 2.71. The van der Waals surface area contributed by atoms with Crippen LogP contribution in [0.1, 0.15) is 30.6 Å². The Labute approximate surface area is 106 Å². The lowest BCUT2D eigenvalue weighted by Crippen LogP contribution is -2.25. The SMILES string of the molecule is CCC(C)CN(C)c1ncc(C(=O)O)cc1Cl. The van der Waals surface area contributed by atoms with Gasteiger partial charge in [-0.3, -0.25) is 0 Å². The van der Waals surface area contributed by atoms with Crippen LogP contribution in [0.3, 0.4) is 0 Å². The van der Waals surface area contributed by atoms with Gasteiger partial charge in [0.05, 0.1) is 10.6 Å². The van der Waals surface area contributed by atoms with Gasteiger partial charge in [0, 0.05) is 19.8 Å². The smallest absolute Gasteiger partial charge is 0.337 e. The largest absolute Gasteiger partial charge is 0.478 e. The molecule has 0 saturated carbocycles. The summed E-state index contributed by atoms with van der Waals surface area (Å²) in [5.41, 5.74) is 0.107. The number of anilines is 1. The first kappa shape index (κ1) is 13.8. The summed E-state index contributed by atoms with van der Waals surface area (Å²) in [5.74, 6) is 0.143. The lowest BCUT2D eigenvalue weighted by molar-refractivity contribution is 0.0696. The summed E-state index contributed by atoms with van der Waals surface area (Å²) in [5, 5.41) is 9.18. The number of hydrogen-bond acceptors (Lipinski definition) is 3. The van der Waals surface area contributed by atoms with Crippen molar-refractivity contribution in [3.05, 3.63) is 22.8 Å². The van der Waals surface area contributed by atoms with Crippen LogP contribution in [0, 0.1) is 5.92 Å². The molecule has 94 valence electrons.